The number of rotatable bonds is 5. The summed E-state index contributed by atoms with van der Waals surface area (Å²) in [6, 6.07) is 64.7. The minimum absolute atomic E-state index is 0.209. The van der Waals surface area contributed by atoms with Crippen LogP contribution in [0.3, 0.4) is 0 Å². The van der Waals surface area contributed by atoms with Crippen molar-refractivity contribution in [3.8, 4) is 67.7 Å². The third-order valence-electron chi connectivity index (χ3n) is 11.2. The minimum Gasteiger partial charge on any atom is -0.309 e. The molecule has 54 heavy (non-hydrogen) atoms. The number of aromatic nitrogens is 2. The van der Waals surface area contributed by atoms with Gasteiger partial charge in [-0.1, -0.05) is 141 Å². The Bertz CT molecular complexity index is 2900. The summed E-state index contributed by atoms with van der Waals surface area (Å²) >= 11 is 0. The van der Waals surface area contributed by atoms with E-state index in [9.17, 15) is 5.26 Å². The first kappa shape index (κ1) is 31.7. The Morgan fingerprint density at radius 3 is 1.83 bits per heavy atom. The largest absolute Gasteiger partial charge is 0.309 e. The van der Waals surface area contributed by atoms with Gasteiger partial charge in [-0.15, -0.1) is 0 Å². The molecule has 7 aromatic carbocycles. The minimum atomic E-state index is -0.209. The number of hydrogen-bond donors (Lipinski definition) is 0. The van der Waals surface area contributed by atoms with E-state index in [-0.39, 0.29) is 5.41 Å². The van der Waals surface area contributed by atoms with Crippen LogP contribution in [0.15, 0.2) is 176 Å². The summed E-state index contributed by atoms with van der Waals surface area (Å²) < 4.78 is 2.48. The zero-order valence-corrected chi connectivity index (χ0v) is 30.1. The average molecular weight is 690 g/mol. The molecule has 1 aliphatic rings. The molecule has 0 saturated heterocycles. The molecule has 0 spiro atoms. The summed E-state index contributed by atoms with van der Waals surface area (Å²) in [5, 5.41) is 12.4. The summed E-state index contributed by atoms with van der Waals surface area (Å²) in [5.41, 5.74) is 17.3. The van der Waals surface area contributed by atoms with Gasteiger partial charge in [0.2, 0.25) is 0 Å². The summed E-state index contributed by atoms with van der Waals surface area (Å²) in [5.74, 6) is 0. The van der Waals surface area contributed by atoms with Gasteiger partial charge in [-0.25, -0.2) is 4.98 Å². The van der Waals surface area contributed by atoms with Crippen LogP contribution in [-0.2, 0) is 5.41 Å². The quantitative estimate of drug-likeness (QED) is 0.180. The smallest absolute Gasteiger partial charge is 0.0991 e. The lowest BCUT2D eigenvalue weighted by Crippen LogP contribution is -2.16. The van der Waals surface area contributed by atoms with Gasteiger partial charge < -0.3 is 4.57 Å². The van der Waals surface area contributed by atoms with Crippen LogP contribution >= 0.6 is 0 Å². The lowest BCUT2D eigenvalue weighted by atomic mass is 9.81. The van der Waals surface area contributed by atoms with Crippen molar-refractivity contribution in [2.45, 2.75) is 19.3 Å². The van der Waals surface area contributed by atoms with Crippen molar-refractivity contribution in [3.05, 3.63) is 193 Å². The highest BCUT2D eigenvalue weighted by Gasteiger charge is 2.38. The predicted molar refractivity (Wildman–Crippen MR) is 223 cm³/mol. The number of hydrogen-bond acceptors (Lipinski definition) is 2. The topological polar surface area (TPSA) is 41.6 Å². The maximum absolute atomic E-state index is 9.91. The molecule has 2 aromatic heterocycles. The number of nitrogens with zero attached hydrogens (tertiary/aromatic N) is 3. The number of pyridine rings is 1. The lowest BCUT2D eigenvalue weighted by Gasteiger charge is -2.24. The molecule has 3 heteroatoms. The molecule has 9 aromatic rings. The molecule has 10 rings (SSSR count). The van der Waals surface area contributed by atoms with E-state index in [2.05, 4.69) is 170 Å². The Hall–Kier alpha value is -7.02. The fourth-order valence-corrected chi connectivity index (χ4v) is 8.63. The van der Waals surface area contributed by atoms with Gasteiger partial charge >= 0.3 is 0 Å². The summed E-state index contributed by atoms with van der Waals surface area (Å²) in [6.45, 7) is 4.73. The van der Waals surface area contributed by atoms with E-state index in [1.807, 2.05) is 30.3 Å². The van der Waals surface area contributed by atoms with Gasteiger partial charge in [0.15, 0.2) is 0 Å². The molecule has 0 amide bonds. The zero-order valence-electron chi connectivity index (χ0n) is 30.1. The first-order valence-electron chi connectivity index (χ1n) is 18.4. The third kappa shape index (κ3) is 4.99. The Labute approximate surface area is 315 Å². The second kappa shape index (κ2) is 12.3. The van der Waals surface area contributed by atoms with Gasteiger partial charge in [0.25, 0.3) is 0 Å². The third-order valence-corrected chi connectivity index (χ3v) is 11.2. The van der Waals surface area contributed by atoms with Crippen LogP contribution in [0, 0.1) is 11.3 Å². The van der Waals surface area contributed by atoms with Crippen molar-refractivity contribution >= 4 is 21.8 Å². The van der Waals surface area contributed by atoms with E-state index in [0.29, 0.717) is 5.56 Å². The predicted octanol–water partition coefficient (Wildman–Crippen LogP) is 13.0. The van der Waals surface area contributed by atoms with E-state index < -0.39 is 0 Å². The van der Waals surface area contributed by atoms with Crippen molar-refractivity contribution in [1.82, 2.24) is 9.55 Å². The fraction of sp³-hybridized carbons (Fsp3) is 0.0588. The Morgan fingerprint density at radius 2 is 1.11 bits per heavy atom. The molecule has 0 unspecified atom stereocenters. The number of fused-ring (bicyclic) bond motifs is 7. The van der Waals surface area contributed by atoms with Crippen LogP contribution in [0.25, 0.3) is 83.4 Å². The number of benzene rings is 7. The molecule has 0 fully saturated rings. The molecule has 0 aliphatic heterocycles. The maximum Gasteiger partial charge on any atom is 0.0991 e. The van der Waals surface area contributed by atoms with Crippen LogP contribution in [0.1, 0.15) is 30.5 Å². The summed E-state index contributed by atoms with van der Waals surface area (Å²) in [6.07, 6.45) is 0. The maximum atomic E-state index is 9.91. The second-order valence-corrected chi connectivity index (χ2v) is 14.7. The highest BCUT2D eigenvalue weighted by molar-refractivity contribution is 6.13. The zero-order chi connectivity index (χ0) is 36.4. The molecular formula is C51H35N3. The molecule has 254 valence electrons. The van der Waals surface area contributed by atoms with Gasteiger partial charge in [-0.3, -0.25) is 0 Å². The first-order chi connectivity index (χ1) is 26.5. The van der Waals surface area contributed by atoms with Crippen LogP contribution in [0.4, 0.5) is 0 Å². The fourth-order valence-electron chi connectivity index (χ4n) is 8.63. The normalized spacial score (nSPS) is 12.8. The highest BCUT2D eigenvalue weighted by atomic mass is 15.0. The van der Waals surface area contributed by atoms with Gasteiger partial charge in [-0.05, 0) is 93.0 Å². The van der Waals surface area contributed by atoms with E-state index >= 15 is 0 Å². The highest BCUT2D eigenvalue weighted by Crippen LogP contribution is 2.53. The molecule has 0 bridgehead atoms. The Morgan fingerprint density at radius 1 is 0.500 bits per heavy atom. The van der Waals surface area contributed by atoms with Crippen molar-refractivity contribution in [2.75, 3.05) is 0 Å². The van der Waals surface area contributed by atoms with Crippen molar-refractivity contribution in [1.29, 1.82) is 5.26 Å². The van der Waals surface area contributed by atoms with Crippen LogP contribution in [0.2, 0.25) is 0 Å². The summed E-state index contributed by atoms with van der Waals surface area (Å²) in [7, 11) is 0. The molecule has 0 radical (unpaired) electrons. The molecule has 0 N–H and O–H groups in total. The van der Waals surface area contributed by atoms with Gasteiger partial charge in [0, 0.05) is 33.0 Å². The van der Waals surface area contributed by atoms with Crippen LogP contribution in [-0.4, -0.2) is 9.55 Å². The first-order valence-corrected chi connectivity index (χ1v) is 18.4. The van der Waals surface area contributed by atoms with Crippen molar-refractivity contribution in [3.63, 3.8) is 0 Å². The standard InChI is InChI=1S/C51H35N3/c1-51(2)45-22-11-9-20-41(45)43-24-25-44-42-21-10-12-23-48(42)54(50(44)49(43)51)40-28-37(36-19-13-14-33(26-36)32-52)27-38(29-40)39-30-46(34-15-5-3-6-16-34)53-47(31-39)35-17-7-4-8-18-35/h3-31H,1-2H3. The molecule has 0 saturated carbocycles. The second-order valence-electron chi connectivity index (χ2n) is 14.7. The van der Waals surface area contributed by atoms with Gasteiger partial charge in [0.1, 0.15) is 0 Å². The van der Waals surface area contributed by atoms with E-state index in [4.69, 9.17) is 4.98 Å². The van der Waals surface area contributed by atoms with Gasteiger partial charge in [-0.2, -0.15) is 5.26 Å². The monoisotopic (exact) mass is 689 g/mol. The average Bonchev–Trinajstić information content (AvgIpc) is 3.69. The van der Waals surface area contributed by atoms with Gasteiger partial charge in [0.05, 0.1) is 34.1 Å². The van der Waals surface area contributed by atoms with Crippen molar-refractivity contribution in [2.24, 2.45) is 0 Å². The van der Waals surface area contributed by atoms with E-state index in [0.717, 1.165) is 56.0 Å². The molecule has 3 nitrogen and oxygen atoms in total. The van der Waals surface area contributed by atoms with Crippen LogP contribution < -0.4 is 0 Å². The molecule has 1 aliphatic carbocycles. The Balaban J connectivity index is 1.30. The Kier molecular flexibility index (Phi) is 7.22. The SMILES string of the molecule is CC1(C)c2ccccc2-c2ccc3c4ccccc4n(-c4cc(-c5cccc(C#N)c5)cc(-c5cc(-c6ccccc6)nc(-c6ccccc6)c5)c4)c3c21. The number of nitriles is 1. The van der Waals surface area contributed by atoms with Crippen molar-refractivity contribution < 1.29 is 0 Å². The summed E-state index contributed by atoms with van der Waals surface area (Å²) in [4.78, 5) is 5.19. The molecular weight excluding hydrogens is 655 g/mol. The molecule has 2 heterocycles. The number of para-hydroxylation sites is 1. The van der Waals surface area contributed by atoms with Crippen LogP contribution in [0.5, 0.6) is 0 Å². The van der Waals surface area contributed by atoms with E-state index in [1.165, 1.54) is 38.5 Å². The van der Waals surface area contributed by atoms with E-state index in [1.54, 1.807) is 0 Å². The lowest BCUT2D eigenvalue weighted by molar-refractivity contribution is 0.664. The molecule has 0 atom stereocenters.